The predicted molar refractivity (Wildman–Crippen MR) is 84.8 cm³/mol. The van der Waals surface area contributed by atoms with Crippen LogP contribution in [0.4, 0.5) is 0 Å². The van der Waals surface area contributed by atoms with Crippen LogP contribution in [-0.4, -0.2) is 60.7 Å². The third-order valence-corrected chi connectivity index (χ3v) is 4.40. The molecule has 1 fully saturated rings. The van der Waals surface area contributed by atoms with Gasteiger partial charge in [-0.3, -0.25) is 4.90 Å². The third kappa shape index (κ3) is 3.17. The Hall–Kier alpha value is -1.34. The van der Waals surface area contributed by atoms with Gasteiger partial charge in [-0.05, 0) is 26.0 Å². The van der Waals surface area contributed by atoms with Crippen LogP contribution in [0.15, 0.2) is 12.1 Å². The number of morpholine rings is 1. The molecule has 0 spiro atoms. The van der Waals surface area contributed by atoms with Crippen LogP contribution in [0.2, 0.25) is 0 Å². The molecule has 1 unspecified atom stereocenters. The van der Waals surface area contributed by atoms with Crippen molar-refractivity contribution in [1.29, 1.82) is 0 Å². The normalized spacial score (nSPS) is 26.7. The molecule has 2 N–H and O–H groups in total. The number of nitrogens with zero attached hydrogens (tertiary/aromatic N) is 1. The number of hydrogen-bond donors (Lipinski definition) is 2. The highest BCUT2D eigenvalue weighted by Gasteiger charge is 2.40. The fourth-order valence-electron chi connectivity index (χ4n) is 3.33. The van der Waals surface area contributed by atoms with Crippen molar-refractivity contribution in [2.45, 2.75) is 31.7 Å². The molecule has 128 valence electrons. The summed E-state index contributed by atoms with van der Waals surface area (Å²) in [5.74, 6) is -0.0464. The monoisotopic (exact) mass is 323 g/mol. The van der Waals surface area contributed by atoms with Gasteiger partial charge < -0.3 is 24.4 Å². The van der Waals surface area contributed by atoms with Crippen LogP contribution in [0.1, 0.15) is 25.0 Å². The Morgan fingerprint density at radius 1 is 1.35 bits per heavy atom. The number of rotatable bonds is 4. The molecule has 23 heavy (non-hydrogen) atoms. The zero-order valence-electron chi connectivity index (χ0n) is 14.0. The average molecular weight is 323 g/mol. The van der Waals surface area contributed by atoms with E-state index in [1.807, 2.05) is 24.8 Å². The highest BCUT2D eigenvalue weighted by molar-refractivity contribution is 5.53. The number of ether oxygens (including phenoxy) is 3. The molecular formula is C17H25NO5. The lowest BCUT2D eigenvalue weighted by Crippen LogP contribution is -2.50. The van der Waals surface area contributed by atoms with Crippen LogP contribution in [0.3, 0.4) is 0 Å². The van der Waals surface area contributed by atoms with Gasteiger partial charge in [0.2, 0.25) is 5.79 Å². The molecule has 0 radical (unpaired) electrons. The van der Waals surface area contributed by atoms with Gasteiger partial charge in [-0.1, -0.05) is 0 Å². The molecule has 2 heterocycles. The highest BCUT2D eigenvalue weighted by Crippen LogP contribution is 2.44. The molecule has 0 aliphatic carbocycles. The Labute approximate surface area is 136 Å². The van der Waals surface area contributed by atoms with Gasteiger partial charge in [0.1, 0.15) is 5.60 Å². The average Bonchev–Trinajstić information content (AvgIpc) is 2.80. The lowest BCUT2D eigenvalue weighted by molar-refractivity contribution is -0.248. The Morgan fingerprint density at radius 2 is 2.13 bits per heavy atom. The van der Waals surface area contributed by atoms with Crippen molar-refractivity contribution in [3.8, 4) is 11.5 Å². The van der Waals surface area contributed by atoms with Crippen LogP contribution < -0.4 is 9.47 Å². The minimum absolute atomic E-state index is 0.0611. The maximum atomic E-state index is 11.0. The van der Waals surface area contributed by atoms with Crippen molar-refractivity contribution in [2.75, 3.05) is 40.0 Å². The largest absolute Gasteiger partial charge is 0.493 e. The van der Waals surface area contributed by atoms with E-state index in [4.69, 9.17) is 19.3 Å². The van der Waals surface area contributed by atoms with Gasteiger partial charge in [0.15, 0.2) is 11.5 Å². The number of fused-ring (bicyclic) bond motifs is 1. The standard InChI is InChI=1S/C17H25NO5/c1-16(2)10-12-8-13(9-14(21-3)15(12)23-16)17(20)11-18(4-6-19)5-7-22-17/h8-9,19-20H,4-7,10-11H2,1-3H3. The van der Waals surface area contributed by atoms with Gasteiger partial charge in [-0.15, -0.1) is 0 Å². The summed E-state index contributed by atoms with van der Waals surface area (Å²) >= 11 is 0. The Bertz CT molecular complexity index is 587. The van der Waals surface area contributed by atoms with Gasteiger partial charge >= 0.3 is 0 Å². The van der Waals surface area contributed by atoms with Crippen molar-refractivity contribution in [3.63, 3.8) is 0 Å². The number of aliphatic hydroxyl groups excluding tert-OH is 1. The lowest BCUT2D eigenvalue weighted by Gasteiger charge is -2.39. The molecule has 0 amide bonds. The van der Waals surface area contributed by atoms with Gasteiger partial charge in [-0.25, -0.2) is 0 Å². The minimum atomic E-state index is -1.40. The zero-order chi connectivity index (χ0) is 16.7. The molecule has 2 aliphatic heterocycles. The highest BCUT2D eigenvalue weighted by atomic mass is 16.6. The van der Waals surface area contributed by atoms with Gasteiger partial charge in [0.05, 0.1) is 26.9 Å². The third-order valence-electron chi connectivity index (χ3n) is 4.40. The molecule has 1 aromatic rings. The fraction of sp³-hybridized carbons (Fsp3) is 0.647. The van der Waals surface area contributed by atoms with Gasteiger partial charge in [-0.2, -0.15) is 0 Å². The number of hydrogen-bond acceptors (Lipinski definition) is 6. The summed E-state index contributed by atoms with van der Waals surface area (Å²) in [5, 5.41) is 20.1. The first-order valence-corrected chi connectivity index (χ1v) is 7.97. The van der Waals surface area contributed by atoms with Crippen molar-refractivity contribution >= 4 is 0 Å². The molecule has 0 aromatic heterocycles. The van der Waals surface area contributed by atoms with Crippen LogP contribution in [0.25, 0.3) is 0 Å². The van der Waals surface area contributed by atoms with Gasteiger partial charge in [0, 0.05) is 30.6 Å². The van der Waals surface area contributed by atoms with Crippen LogP contribution in [-0.2, 0) is 16.9 Å². The summed E-state index contributed by atoms with van der Waals surface area (Å²) in [6.45, 7) is 6.07. The van der Waals surface area contributed by atoms with Crippen LogP contribution in [0.5, 0.6) is 11.5 Å². The van der Waals surface area contributed by atoms with E-state index < -0.39 is 5.79 Å². The molecule has 1 saturated heterocycles. The molecule has 6 nitrogen and oxygen atoms in total. The summed E-state index contributed by atoms with van der Waals surface area (Å²) < 4.78 is 17.1. The van der Waals surface area contributed by atoms with E-state index in [2.05, 4.69) is 0 Å². The van der Waals surface area contributed by atoms with E-state index in [0.717, 1.165) is 17.7 Å². The van der Waals surface area contributed by atoms with E-state index in [0.29, 0.717) is 37.6 Å². The lowest BCUT2D eigenvalue weighted by atomic mass is 9.96. The number of methoxy groups -OCH3 is 1. The topological polar surface area (TPSA) is 71.4 Å². The van der Waals surface area contributed by atoms with Crippen LogP contribution >= 0.6 is 0 Å². The van der Waals surface area contributed by atoms with E-state index in [1.54, 1.807) is 13.2 Å². The Morgan fingerprint density at radius 3 is 2.83 bits per heavy atom. The second-order valence-corrected chi connectivity index (χ2v) is 6.84. The van der Waals surface area contributed by atoms with Gasteiger partial charge in [0.25, 0.3) is 0 Å². The Balaban J connectivity index is 1.94. The zero-order valence-corrected chi connectivity index (χ0v) is 14.0. The summed E-state index contributed by atoms with van der Waals surface area (Å²) in [7, 11) is 1.60. The summed E-state index contributed by atoms with van der Waals surface area (Å²) in [6.07, 6.45) is 0.753. The van der Waals surface area contributed by atoms with E-state index in [9.17, 15) is 5.11 Å². The summed E-state index contributed by atoms with van der Waals surface area (Å²) in [4.78, 5) is 1.99. The molecule has 3 rings (SSSR count). The first-order valence-electron chi connectivity index (χ1n) is 7.97. The SMILES string of the molecule is COc1cc(C2(O)CN(CCO)CCO2)cc2c1OC(C)(C)C2. The molecule has 6 heteroatoms. The first-order chi connectivity index (χ1) is 10.9. The number of β-amino-alcohol motifs (C(OH)–C–C–N with tert-alkyl or cyclic N) is 2. The first kappa shape index (κ1) is 16.5. The predicted octanol–water partition coefficient (Wildman–Crippen LogP) is 0.878. The molecule has 0 bridgehead atoms. The maximum Gasteiger partial charge on any atom is 0.205 e. The minimum Gasteiger partial charge on any atom is -0.493 e. The summed E-state index contributed by atoms with van der Waals surface area (Å²) in [6, 6.07) is 3.72. The van der Waals surface area contributed by atoms with Crippen molar-refractivity contribution < 1.29 is 24.4 Å². The summed E-state index contributed by atoms with van der Waals surface area (Å²) in [5.41, 5.74) is 1.39. The number of aliphatic hydroxyl groups is 2. The maximum absolute atomic E-state index is 11.0. The van der Waals surface area contributed by atoms with E-state index in [1.165, 1.54) is 0 Å². The molecule has 0 saturated carbocycles. The van der Waals surface area contributed by atoms with E-state index >= 15 is 0 Å². The quantitative estimate of drug-likeness (QED) is 0.857. The Kier molecular flexibility index (Phi) is 4.27. The second-order valence-electron chi connectivity index (χ2n) is 6.84. The molecule has 1 atom stereocenters. The number of benzene rings is 1. The van der Waals surface area contributed by atoms with Crippen molar-refractivity contribution in [3.05, 3.63) is 23.3 Å². The molecule has 2 aliphatic rings. The molecular weight excluding hydrogens is 298 g/mol. The van der Waals surface area contributed by atoms with Crippen molar-refractivity contribution in [2.24, 2.45) is 0 Å². The van der Waals surface area contributed by atoms with Crippen LogP contribution in [0, 0.1) is 0 Å². The van der Waals surface area contributed by atoms with E-state index in [-0.39, 0.29) is 12.2 Å². The second kappa shape index (κ2) is 5.94. The van der Waals surface area contributed by atoms with Crippen molar-refractivity contribution in [1.82, 2.24) is 4.90 Å². The smallest absolute Gasteiger partial charge is 0.205 e. The fourth-order valence-corrected chi connectivity index (χ4v) is 3.33. The molecule has 1 aromatic carbocycles.